The van der Waals surface area contributed by atoms with Crippen molar-refractivity contribution in [1.29, 1.82) is 0 Å². The first-order valence-corrected chi connectivity index (χ1v) is 10.4. The van der Waals surface area contributed by atoms with Crippen LogP contribution in [0.15, 0.2) is 60.7 Å². The molecular formula is C24H27NO5. The summed E-state index contributed by atoms with van der Waals surface area (Å²) in [6.07, 6.45) is 1.74. The number of aliphatic hydroxyl groups is 1. The van der Waals surface area contributed by atoms with Crippen LogP contribution in [-0.4, -0.2) is 52.8 Å². The Morgan fingerprint density at radius 1 is 0.967 bits per heavy atom. The van der Waals surface area contributed by atoms with Crippen molar-refractivity contribution < 1.29 is 24.1 Å². The maximum atomic E-state index is 13.4. The van der Waals surface area contributed by atoms with Crippen LogP contribution >= 0.6 is 0 Å². The number of carbonyl (C=O) groups is 1. The maximum absolute atomic E-state index is 13.4. The van der Waals surface area contributed by atoms with E-state index in [2.05, 4.69) is 18.7 Å². The van der Waals surface area contributed by atoms with Gasteiger partial charge in [-0.1, -0.05) is 60.7 Å². The third kappa shape index (κ3) is 2.68. The second-order valence-corrected chi connectivity index (χ2v) is 9.01. The number of rotatable bonds is 5. The molecule has 0 spiro atoms. The van der Waals surface area contributed by atoms with E-state index in [0.717, 1.165) is 12.8 Å². The SMILES string of the molecule is C[C@]12CC[C@]3(C)OCC(COC(=O)C(O)(c4ccccc4)c4ccccc4)(CO1)N23. The van der Waals surface area contributed by atoms with Gasteiger partial charge in [0.2, 0.25) is 5.60 Å². The number of hydrogen-bond acceptors (Lipinski definition) is 6. The topological polar surface area (TPSA) is 68.2 Å². The lowest BCUT2D eigenvalue weighted by molar-refractivity contribution is -0.166. The first kappa shape index (κ1) is 19.7. The quantitative estimate of drug-likeness (QED) is 0.766. The fourth-order valence-electron chi connectivity index (χ4n) is 5.43. The van der Waals surface area contributed by atoms with Gasteiger partial charge in [0.05, 0.1) is 13.2 Å². The highest BCUT2D eigenvalue weighted by Crippen LogP contribution is 2.55. The van der Waals surface area contributed by atoms with E-state index in [1.807, 2.05) is 12.1 Å². The minimum atomic E-state index is -1.89. The predicted octanol–water partition coefficient (Wildman–Crippen LogP) is 2.79. The monoisotopic (exact) mass is 409 g/mol. The van der Waals surface area contributed by atoms with Crippen molar-refractivity contribution in [3.05, 3.63) is 71.8 Å². The number of esters is 1. The molecule has 3 saturated heterocycles. The van der Waals surface area contributed by atoms with Gasteiger partial charge in [-0.15, -0.1) is 0 Å². The van der Waals surface area contributed by atoms with Gasteiger partial charge in [-0.25, -0.2) is 9.69 Å². The fourth-order valence-corrected chi connectivity index (χ4v) is 5.43. The van der Waals surface area contributed by atoms with Crippen LogP contribution in [0.5, 0.6) is 0 Å². The molecule has 3 fully saturated rings. The second kappa shape index (κ2) is 6.62. The number of hydrogen-bond donors (Lipinski definition) is 1. The Hall–Kier alpha value is -2.25. The molecule has 0 radical (unpaired) electrons. The van der Waals surface area contributed by atoms with Crippen molar-refractivity contribution in [3.8, 4) is 0 Å². The highest BCUT2D eigenvalue weighted by Gasteiger charge is 2.69. The second-order valence-electron chi connectivity index (χ2n) is 9.01. The highest BCUT2D eigenvalue weighted by molar-refractivity contribution is 5.85. The molecule has 1 unspecified atom stereocenters. The van der Waals surface area contributed by atoms with Gasteiger partial charge < -0.3 is 19.3 Å². The van der Waals surface area contributed by atoms with E-state index in [4.69, 9.17) is 14.2 Å². The summed E-state index contributed by atoms with van der Waals surface area (Å²) in [6, 6.07) is 17.8. The van der Waals surface area contributed by atoms with Crippen molar-refractivity contribution in [2.75, 3.05) is 19.8 Å². The molecule has 3 heterocycles. The normalized spacial score (nSPS) is 32.9. The number of carbonyl (C=O) groups excluding carboxylic acids is 1. The van der Waals surface area contributed by atoms with Crippen molar-refractivity contribution in [2.45, 2.75) is 49.3 Å². The summed E-state index contributed by atoms with van der Waals surface area (Å²) in [4.78, 5) is 15.6. The van der Waals surface area contributed by atoms with Crippen molar-refractivity contribution >= 4 is 5.97 Å². The average Bonchev–Trinajstić information content (AvgIpc) is 3.36. The number of nitrogens with zero attached hydrogens (tertiary/aromatic N) is 1. The summed E-state index contributed by atoms with van der Waals surface area (Å²) in [6.45, 7) is 5.10. The zero-order valence-electron chi connectivity index (χ0n) is 17.3. The molecule has 0 aliphatic carbocycles. The Bertz CT molecular complexity index is 887. The third-order valence-corrected chi connectivity index (χ3v) is 6.93. The van der Waals surface area contributed by atoms with Crippen molar-refractivity contribution in [3.63, 3.8) is 0 Å². The van der Waals surface area contributed by atoms with Crippen molar-refractivity contribution in [2.24, 2.45) is 0 Å². The third-order valence-electron chi connectivity index (χ3n) is 6.93. The lowest BCUT2D eigenvalue weighted by Gasteiger charge is -2.38. The van der Waals surface area contributed by atoms with Gasteiger partial charge in [-0.05, 0) is 37.8 Å². The molecule has 0 saturated carbocycles. The molecule has 2 aromatic rings. The molecule has 1 N–H and O–H groups in total. The first-order chi connectivity index (χ1) is 14.3. The van der Waals surface area contributed by atoms with Gasteiger partial charge in [0, 0.05) is 0 Å². The molecule has 0 amide bonds. The summed E-state index contributed by atoms with van der Waals surface area (Å²) in [5.74, 6) is -0.698. The molecule has 158 valence electrons. The minimum Gasteiger partial charge on any atom is -0.461 e. The van der Waals surface area contributed by atoms with Crippen LogP contribution in [0, 0.1) is 0 Å². The zero-order valence-corrected chi connectivity index (χ0v) is 17.3. The van der Waals surface area contributed by atoms with Crippen LogP contribution in [-0.2, 0) is 24.6 Å². The molecule has 0 bridgehead atoms. The van der Waals surface area contributed by atoms with E-state index in [-0.39, 0.29) is 6.61 Å². The van der Waals surface area contributed by atoms with E-state index < -0.39 is 28.6 Å². The molecular weight excluding hydrogens is 382 g/mol. The number of benzene rings is 2. The van der Waals surface area contributed by atoms with Crippen LogP contribution in [0.25, 0.3) is 0 Å². The molecule has 3 aliphatic heterocycles. The van der Waals surface area contributed by atoms with Gasteiger partial charge >= 0.3 is 5.97 Å². The summed E-state index contributed by atoms with van der Waals surface area (Å²) in [7, 11) is 0. The lowest BCUT2D eigenvalue weighted by Crippen LogP contribution is -2.57. The molecule has 6 heteroatoms. The van der Waals surface area contributed by atoms with Gasteiger partial charge in [0.25, 0.3) is 0 Å². The molecule has 0 aromatic heterocycles. The van der Waals surface area contributed by atoms with Crippen LogP contribution in [0.1, 0.15) is 37.8 Å². The largest absolute Gasteiger partial charge is 0.461 e. The Morgan fingerprint density at radius 3 is 1.90 bits per heavy atom. The summed E-state index contributed by atoms with van der Waals surface area (Å²) in [5, 5.41) is 11.6. The van der Waals surface area contributed by atoms with E-state index >= 15 is 0 Å². The number of ether oxygens (including phenoxy) is 3. The molecule has 6 nitrogen and oxygen atoms in total. The fraction of sp³-hybridized carbons (Fsp3) is 0.458. The lowest BCUT2D eigenvalue weighted by atomic mass is 9.86. The van der Waals surface area contributed by atoms with Gasteiger partial charge in [-0.2, -0.15) is 0 Å². The van der Waals surface area contributed by atoms with E-state index in [1.54, 1.807) is 48.5 Å². The van der Waals surface area contributed by atoms with Gasteiger partial charge in [0.15, 0.2) is 0 Å². The summed E-state index contributed by atoms with van der Waals surface area (Å²) >= 11 is 0. The minimum absolute atomic E-state index is 0.0962. The van der Waals surface area contributed by atoms with E-state index in [1.165, 1.54) is 0 Å². The van der Waals surface area contributed by atoms with Crippen molar-refractivity contribution in [1.82, 2.24) is 4.90 Å². The van der Waals surface area contributed by atoms with E-state index in [9.17, 15) is 9.90 Å². The predicted molar refractivity (Wildman–Crippen MR) is 109 cm³/mol. The smallest absolute Gasteiger partial charge is 0.347 e. The molecule has 3 atom stereocenters. The Kier molecular flexibility index (Phi) is 4.35. The molecule has 30 heavy (non-hydrogen) atoms. The Balaban J connectivity index is 1.44. The highest BCUT2D eigenvalue weighted by atomic mass is 16.6. The van der Waals surface area contributed by atoms with E-state index in [0.29, 0.717) is 24.3 Å². The Labute approximate surface area is 176 Å². The molecule has 2 aromatic carbocycles. The first-order valence-electron chi connectivity index (χ1n) is 10.4. The molecule has 5 rings (SSSR count). The summed E-state index contributed by atoms with van der Waals surface area (Å²) in [5.41, 5.74) is -2.31. The average molecular weight is 409 g/mol. The van der Waals surface area contributed by atoms with Crippen LogP contribution in [0.4, 0.5) is 0 Å². The molecule has 3 aliphatic rings. The summed E-state index contributed by atoms with van der Waals surface area (Å²) < 4.78 is 18.1. The Morgan fingerprint density at radius 2 is 1.43 bits per heavy atom. The standard InChI is InChI=1S/C24H27NO5/c1-21-13-14-22(2)25(21)23(16-29-21,17-30-22)15-28-20(26)24(27,18-9-5-3-6-10-18)19-11-7-4-8-12-19/h3-12,27H,13-17H2,1-2H3/t21-,22+,23?. The maximum Gasteiger partial charge on any atom is 0.347 e. The van der Waals surface area contributed by atoms with Gasteiger partial charge in [-0.3, -0.25) is 0 Å². The zero-order chi connectivity index (χ0) is 21.0. The van der Waals surface area contributed by atoms with Gasteiger partial charge in [0.1, 0.15) is 23.6 Å². The van der Waals surface area contributed by atoms with Crippen LogP contribution in [0.3, 0.4) is 0 Å². The van der Waals surface area contributed by atoms with Crippen LogP contribution in [0.2, 0.25) is 0 Å². The van der Waals surface area contributed by atoms with Crippen LogP contribution < -0.4 is 0 Å².